The minimum Gasteiger partial charge on any atom is -0.348 e. The van der Waals surface area contributed by atoms with Gasteiger partial charge in [0.05, 0.1) is 22.8 Å². The van der Waals surface area contributed by atoms with Gasteiger partial charge >= 0.3 is 0 Å². The molecule has 1 unspecified atom stereocenters. The van der Waals surface area contributed by atoms with Crippen LogP contribution in [0.1, 0.15) is 13.8 Å². The molecule has 1 aliphatic heterocycles. The van der Waals surface area contributed by atoms with E-state index in [1.54, 1.807) is 13.8 Å². The normalized spacial score (nSPS) is 21.7. The molecule has 1 heterocycles. The van der Waals surface area contributed by atoms with Crippen LogP contribution in [0, 0.1) is 0 Å². The van der Waals surface area contributed by atoms with E-state index in [1.807, 2.05) is 0 Å². The summed E-state index contributed by atoms with van der Waals surface area (Å²) in [4.78, 5) is -0.146. The van der Waals surface area contributed by atoms with Crippen LogP contribution in [0.25, 0.3) is 0 Å². The monoisotopic (exact) mass is 417 g/mol. The Balaban J connectivity index is 2.13. The van der Waals surface area contributed by atoms with Crippen LogP contribution in [0.4, 0.5) is 0 Å². The van der Waals surface area contributed by atoms with Gasteiger partial charge < -0.3 is 9.47 Å². The van der Waals surface area contributed by atoms with Crippen molar-refractivity contribution >= 4 is 49.2 Å². The SMILES string of the molecule is CC1(C)OCC(CNS(=O)(=O)c2c(Cl)cc(Br)cc2Cl)O1. The van der Waals surface area contributed by atoms with E-state index in [1.165, 1.54) is 12.1 Å². The molecule has 0 aliphatic carbocycles. The van der Waals surface area contributed by atoms with Crippen molar-refractivity contribution in [1.82, 2.24) is 4.72 Å². The molecule has 1 fully saturated rings. The van der Waals surface area contributed by atoms with Crippen LogP contribution in [-0.4, -0.2) is 33.5 Å². The third-order valence-electron chi connectivity index (χ3n) is 2.80. The Labute approximate surface area is 142 Å². The Morgan fingerprint density at radius 3 is 2.43 bits per heavy atom. The number of ether oxygens (including phenoxy) is 2. The minimum absolute atomic E-state index is 0.0470. The van der Waals surface area contributed by atoms with Gasteiger partial charge in [0, 0.05) is 11.0 Å². The zero-order valence-electron chi connectivity index (χ0n) is 11.3. The van der Waals surface area contributed by atoms with Crippen molar-refractivity contribution in [2.24, 2.45) is 0 Å². The molecule has 1 N–H and O–H groups in total. The summed E-state index contributed by atoms with van der Waals surface area (Å²) in [6.07, 6.45) is -0.359. The van der Waals surface area contributed by atoms with Gasteiger partial charge in [-0.15, -0.1) is 0 Å². The highest BCUT2D eigenvalue weighted by molar-refractivity contribution is 9.10. The molecule has 2 rings (SSSR count). The molecule has 0 bridgehead atoms. The van der Waals surface area contributed by atoms with Crippen LogP contribution >= 0.6 is 39.1 Å². The van der Waals surface area contributed by atoms with E-state index in [0.29, 0.717) is 11.1 Å². The summed E-state index contributed by atoms with van der Waals surface area (Å²) in [5.41, 5.74) is 0. The maximum Gasteiger partial charge on any atom is 0.243 e. The van der Waals surface area contributed by atoms with Crippen LogP contribution in [-0.2, 0) is 19.5 Å². The Morgan fingerprint density at radius 1 is 1.38 bits per heavy atom. The first-order valence-corrected chi connectivity index (χ1v) is 9.10. The van der Waals surface area contributed by atoms with Crippen LogP contribution < -0.4 is 4.72 Å². The second-order valence-corrected chi connectivity index (χ2v) is 8.44. The molecule has 21 heavy (non-hydrogen) atoms. The van der Waals surface area contributed by atoms with Crippen molar-refractivity contribution in [2.75, 3.05) is 13.2 Å². The maximum absolute atomic E-state index is 12.3. The maximum atomic E-state index is 12.3. The zero-order chi connectivity index (χ0) is 15.8. The Bertz CT molecular complexity index is 628. The molecule has 0 aromatic heterocycles. The topological polar surface area (TPSA) is 64.6 Å². The van der Waals surface area contributed by atoms with Gasteiger partial charge in [-0.1, -0.05) is 39.1 Å². The molecule has 118 valence electrons. The quantitative estimate of drug-likeness (QED) is 0.815. The molecule has 0 radical (unpaired) electrons. The lowest BCUT2D eigenvalue weighted by atomic mass is 10.4. The van der Waals surface area contributed by atoms with Gasteiger partial charge in [-0.25, -0.2) is 13.1 Å². The molecule has 1 aromatic rings. The van der Waals surface area contributed by atoms with Crippen LogP contribution in [0.15, 0.2) is 21.5 Å². The molecule has 1 aromatic carbocycles. The lowest BCUT2D eigenvalue weighted by molar-refractivity contribution is -0.137. The minimum atomic E-state index is -3.83. The predicted octanol–water partition coefficient (Wildman–Crippen LogP) is 3.19. The first-order chi connectivity index (χ1) is 9.61. The van der Waals surface area contributed by atoms with Crippen molar-refractivity contribution in [3.63, 3.8) is 0 Å². The largest absolute Gasteiger partial charge is 0.348 e. The third-order valence-corrected chi connectivity index (χ3v) is 5.60. The van der Waals surface area contributed by atoms with Gasteiger partial charge in [-0.2, -0.15) is 0 Å². The van der Waals surface area contributed by atoms with E-state index in [0.717, 1.165) is 0 Å². The van der Waals surface area contributed by atoms with Gasteiger partial charge in [0.25, 0.3) is 0 Å². The van der Waals surface area contributed by atoms with Crippen LogP contribution in [0.3, 0.4) is 0 Å². The number of hydrogen-bond acceptors (Lipinski definition) is 4. The lowest BCUT2D eigenvalue weighted by Gasteiger charge is -2.17. The third kappa shape index (κ3) is 4.31. The van der Waals surface area contributed by atoms with E-state index in [-0.39, 0.29) is 27.6 Å². The number of halogens is 3. The summed E-state index contributed by atoms with van der Waals surface area (Å²) in [6.45, 7) is 3.93. The van der Waals surface area contributed by atoms with Crippen LogP contribution in [0.2, 0.25) is 10.0 Å². The summed E-state index contributed by atoms with van der Waals surface area (Å²) < 4.78 is 38.6. The molecular formula is C12H14BrCl2NO4S. The Kier molecular flexibility index (Phi) is 5.25. The zero-order valence-corrected chi connectivity index (χ0v) is 15.2. The summed E-state index contributed by atoms with van der Waals surface area (Å²) in [5.74, 6) is -0.705. The van der Waals surface area contributed by atoms with Gasteiger partial charge in [0.1, 0.15) is 4.90 Å². The summed E-state index contributed by atoms with van der Waals surface area (Å²) >= 11 is 15.1. The standard InChI is InChI=1S/C12H14BrCl2NO4S/c1-12(2)19-6-8(20-12)5-16-21(17,18)11-9(14)3-7(13)4-10(11)15/h3-4,8,16H,5-6H2,1-2H3. The number of hydrogen-bond donors (Lipinski definition) is 1. The molecule has 5 nitrogen and oxygen atoms in total. The van der Waals surface area contributed by atoms with E-state index >= 15 is 0 Å². The van der Waals surface area contributed by atoms with E-state index in [9.17, 15) is 8.42 Å². The van der Waals surface area contributed by atoms with Crippen molar-refractivity contribution in [3.8, 4) is 0 Å². The fourth-order valence-electron chi connectivity index (χ4n) is 1.92. The first-order valence-electron chi connectivity index (χ1n) is 6.07. The number of nitrogens with one attached hydrogen (secondary N) is 1. The highest BCUT2D eigenvalue weighted by atomic mass is 79.9. The second-order valence-electron chi connectivity index (χ2n) is 5.00. The van der Waals surface area contributed by atoms with Gasteiger partial charge in [-0.3, -0.25) is 0 Å². The van der Waals surface area contributed by atoms with Crippen molar-refractivity contribution < 1.29 is 17.9 Å². The molecular weight excluding hydrogens is 405 g/mol. The average molecular weight is 419 g/mol. The summed E-state index contributed by atoms with van der Waals surface area (Å²) in [5, 5.41) is 0.0941. The highest BCUT2D eigenvalue weighted by Crippen LogP contribution is 2.32. The average Bonchev–Trinajstić information content (AvgIpc) is 2.65. The molecule has 1 saturated heterocycles. The second kappa shape index (κ2) is 6.31. The van der Waals surface area contributed by atoms with Crippen molar-refractivity contribution in [3.05, 3.63) is 26.7 Å². The van der Waals surface area contributed by atoms with Crippen molar-refractivity contribution in [1.29, 1.82) is 0 Å². The van der Waals surface area contributed by atoms with Gasteiger partial charge in [0.15, 0.2) is 5.79 Å². The molecule has 0 amide bonds. The van der Waals surface area contributed by atoms with Gasteiger partial charge in [0.2, 0.25) is 10.0 Å². The first kappa shape index (κ1) is 17.5. The number of benzene rings is 1. The molecule has 1 aliphatic rings. The van der Waals surface area contributed by atoms with E-state index in [2.05, 4.69) is 20.7 Å². The van der Waals surface area contributed by atoms with Crippen LogP contribution in [0.5, 0.6) is 0 Å². The number of rotatable bonds is 4. The van der Waals surface area contributed by atoms with E-state index in [4.69, 9.17) is 32.7 Å². The Morgan fingerprint density at radius 2 is 1.95 bits per heavy atom. The fraction of sp³-hybridized carbons (Fsp3) is 0.500. The lowest BCUT2D eigenvalue weighted by Crippen LogP contribution is -2.34. The summed E-state index contributed by atoms with van der Waals surface area (Å²) in [7, 11) is -3.83. The van der Waals surface area contributed by atoms with E-state index < -0.39 is 15.8 Å². The molecule has 0 spiro atoms. The van der Waals surface area contributed by atoms with Crippen molar-refractivity contribution in [2.45, 2.75) is 30.6 Å². The fourth-order valence-corrected chi connectivity index (χ4v) is 4.92. The Hall–Kier alpha value is 0.110. The smallest absolute Gasteiger partial charge is 0.243 e. The summed E-state index contributed by atoms with van der Waals surface area (Å²) in [6, 6.07) is 2.95. The number of sulfonamides is 1. The molecule has 1 atom stereocenters. The molecule has 9 heteroatoms. The van der Waals surface area contributed by atoms with Gasteiger partial charge in [-0.05, 0) is 26.0 Å². The molecule has 0 saturated carbocycles. The predicted molar refractivity (Wildman–Crippen MR) is 84.3 cm³/mol. The highest BCUT2D eigenvalue weighted by Gasteiger charge is 2.33.